The number of para-hydroxylation sites is 1. The van der Waals surface area contributed by atoms with Crippen molar-refractivity contribution in [3.8, 4) is 5.88 Å². The Hall–Kier alpha value is -2.89. The Morgan fingerprint density at radius 1 is 1.33 bits per heavy atom. The molecular formula is C18H17N3O3. The lowest BCUT2D eigenvalue weighted by Gasteiger charge is -2.28. The summed E-state index contributed by atoms with van der Waals surface area (Å²) < 4.78 is 11.1. The van der Waals surface area contributed by atoms with Crippen molar-refractivity contribution in [1.29, 1.82) is 0 Å². The molecule has 0 bridgehead atoms. The molecule has 1 amide bonds. The minimum Gasteiger partial charge on any atom is -0.478 e. The molecule has 1 aliphatic rings. The second-order valence-corrected chi connectivity index (χ2v) is 5.66. The molecule has 0 saturated carbocycles. The monoisotopic (exact) mass is 323 g/mol. The lowest BCUT2D eigenvalue weighted by atomic mass is 10.1. The maximum Gasteiger partial charge on any atom is 0.258 e. The number of fused-ring (bicyclic) bond motifs is 2. The van der Waals surface area contributed by atoms with Crippen LogP contribution in [0.1, 0.15) is 28.5 Å². The molecule has 0 unspecified atom stereocenters. The summed E-state index contributed by atoms with van der Waals surface area (Å²) in [7, 11) is 0. The third-order valence-corrected chi connectivity index (χ3v) is 4.24. The van der Waals surface area contributed by atoms with Crippen molar-refractivity contribution in [2.75, 3.05) is 13.2 Å². The second-order valence-electron chi connectivity index (χ2n) is 5.66. The third kappa shape index (κ3) is 2.40. The summed E-state index contributed by atoms with van der Waals surface area (Å²) >= 11 is 0. The van der Waals surface area contributed by atoms with Gasteiger partial charge in [0.05, 0.1) is 30.0 Å². The molecule has 6 nitrogen and oxygen atoms in total. The summed E-state index contributed by atoms with van der Waals surface area (Å²) in [5.41, 5.74) is 3.15. The minimum atomic E-state index is -0.0445. The van der Waals surface area contributed by atoms with Gasteiger partial charge in [-0.25, -0.2) is 9.97 Å². The molecule has 122 valence electrons. The highest BCUT2D eigenvalue weighted by atomic mass is 16.5. The van der Waals surface area contributed by atoms with Gasteiger partial charge >= 0.3 is 0 Å². The van der Waals surface area contributed by atoms with Gasteiger partial charge in [-0.15, -0.1) is 0 Å². The van der Waals surface area contributed by atoms with Gasteiger partial charge in [0.25, 0.3) is 5.91 Å². The van der Waals surface area contributed by atoms with Crippen LogP contribution >= 0.6 is 0 Å². The Morgan fingerprint density at radius 3 is 3.08 bits per heavy atom. The average molecular weight is 323 g/mol. The van der Waals surface area contributed by atoms with Crippen LogP contribution < -0.4 is 4.74 Å². The quantitative estimate of drug-likeness (QED) is 0.741. The van der Waals surface area contributed by atoms with Gasteiger partial charge in [-0.05, 0) is 13.0 Å². The van der Waals surface area contributed by atoms with E-state index < -0.39 is 0 Å². The summed E-state index contributed by atoms with van der Waals surface area (Å²) in [4.78, 5) is 23.3. The van der Waals surface area contributed by atoms with Crippen LogP contribution in [0.3, 0.4) is 0 Å². The van der Waals surface area contributed by atoms with Crippen molar-refractivity contribution in [2.45, 2.75) is 19.9 Å². The normalized spacial score (nSPS) is 13.8. The number of carbonyl (C=O) groups is 1. The average Bonchev–Trinajstić information content (AvgIpc) is 3.05. The predicted octanol–water partition coefficient (Wildman–Crippen LogP) is 2.82. The fraction of sp³-hybridized carbons (Fsp3) is 0.278. The van der Waals surface area contributed by atoms with E-state index in [1.807, 2.05) is 31.2 Å². The second kappa shape index (κ2) is 5.96. The first kappa shape index (κ1) is 14.7. The number of hydrogen-bond donors (Lipinski definition) is 0. The van der Waals surface area contributed by atoms with Crippen molar-refractivity contribution in [3.63, 3.8) is 0 Å². The summed E-state index contributed by atoms with van der Waals surface area (Å²) in [5, 5.41) is 0.836. The number of amides is 1. The highest BCUT2D eigenvalue weighted by Crippen LogP contribution is 2.28. The van der Waals surface area contributed by atoms with E-state index >= 15 is 0 Å². The summed E-state index contributed by atoms with van der Waals surface area (Å²) in [6, 6.07) is 7.56. The molecule has 3 heterocycles. The first-order valence-corrected chi connectivity index (χ1v) is 7.99. The predicted molar refractivity (Wildman–Crippen MR) is 87.9 cm³/mol. The van der Waals surface area contributed by atoms with E-state index in [2.05, 4.69) is 9.97 Å². The van der Waals surface area contributed by atoms with Crippen LogP contribution in [0.15, 0.2) is 41.3 Å². The van der Waals surface area contributed by atoms with Crippen LogP contribution in [0.25, 0.3) is 11.0 Å². The Bertz CT molecular complexity index is 903. The van der Waals surface area contributed by atoms with E-state index in [4.69, 9.17) is 9.15 Å². The standard InChI is InChI=1S/C18H17N3O3/c1-2-23-17-13-9-21(8-7-15(13)19-11-20-17)18(22)14-10-24-16-6-4-3-5-12(14)16/h3-6,10-11H,2,7-9H2,1H3. The number of rotatable bonds is 3. The molecule has 0 atom stereocenters. The molecule has 24 heavy (non-hydrogen) atoms. The van der Waals surface area contributed by atoms with Crippen molar-refractivity contribution in [2.24, 2.45) is 0 Å². The van der Waals surface area contributed by atoms with Gasteiger partial charge in [0.2, 0.25) is 5.88 Å². The zero-order valence-corrected chi connectivity index (χ0v) is 13.4. The molecule has 0 fully saturated rings. The van der Waals surface area contributed by atoms with Crippen molar-refractivity contribution in [1.82, 2.24) is 14.9 Å². The summed E-state index contributed by atoms with van der Waals surface area (Å²) in [6.45, 7) is 3.51. The molecule has 1 aliphatic heterocycles. The van der Waals surface area contributed by atoms with Gasteiger partial charge in [-0.3, -0.25) is 4.79 Å². The molecule has 0 saturated heterocycles. The smallest absolute Gasteiger partial charge is 0.258 e. The van der Waals surface area contributed by atoms with E-state index in [0.29, 0.717) is 37.6 Å². The highest BCUT2D eigenvalue weighted by molar-refractivity contribution is 6.05. The number of hydrogen-bond acceptors (Lipinski definition) is 5. The van der Waals surface area contributed by atoms with Crippen molar-refractivity contribution in [3.05, 3.63) is 53.7 Å². The zero-order chi connectivity index (χ0) is 16.5. The number of carbonyl (C=O) groups excluding carboxylic acids is 1. The van der Waals surface area contributed by atoms with Crippen molar-refractivity contribution >= 4 is 16.9 Å². The number of nitrogens with zero attached hydrogens (tertiary/aromatic N) is 3. The number of aromatic nitrogens is 2. The van der Waals surface area contributed by atoms with E-state index in [0.717, 1.165) is 22.2 Å². The first-order valence-electron chi connectivity index (χ1n) is 7.99. The lowest BCUT2D eigenvalue weighted by Crippen LogP contribution is -2.36. The number of ether oxygens (including phenoxy) is 1. The van der Waals surface area contributed by atoms with E-state index in [1.165, 1.54) is 12.6 Å². The number of benzene rings is 1. The molecule has 2 aromatic heterocycles. The van der Waals surface area contributed by atoms with E-state index in [1.54, 1.807) is 4.90 Å². The maximum absolute atomic E-state index is 12.9. The van der Waals surface area contributed by atoms with Crippen LogP contribution in [-0.2, 0) is 13.0 Å². The van der Waals surface area contributed by atoms with Crippen LogP contribution in [0.2, 0.25) is 0 Å². The fourth-order valence-corrected chi connectivity index (χ4v) is 3.06. The molecule has 0 aliphatic carbocycles. The van der Waals surface area contributed by atoms with Crippen molar-refractivity contribution < 1.29 is 13.9 Å². The molecule has 6 heteroatoms. The molecule has 1 aromatic carbocycles. The molecule has 0 N–H and O–H groups in total. The van der Waals surface area contributed by atoms with Crippen LogP contribution in [0, 0.1) is 0 Å². The number of furan rings is 1. The van der Waals surface area contributed by atoms with Gasteiger partial charge in [-0.1, -0.05) is 18.2 Å². The Labute approximate surface area is 139 Å². The SMILES string of the molecule is CCOc1ncnc2c1CN(C(=O)c1coc3ccccc13)CC2. The van der Waals surface area contributed by atoms with Crippen LogP contribution in [-0.4, -0.2) is 33.9 Å². The van der Waals surface area contributed by atoms with Gasteiger partial charge in [0.1, 0.15) is 18.2 Å². The third-order valence-electron chi connectivity index (χ3n) is 4.24. The zero-order valence-electron chi connectivity index (χ0n) is 13.4. The molecule has 4 rings (SSSR count). The fourth-order valence-electron chi connectivity index (χ4n) is 3.06. The Morgan fingerprint density at radius 2 is 2.21 bits per heavy atom. The minimum absolute atomic E-state index is 0.0445. The van der Waals surface area contributed by atoms with Gasteiger partial charge in [0.15, 0.2) is 0 Å². The largest absolute Gasteiger partial charge is 0.478 e. The van der Waals surface area contributed by atoms with Crippen LogP contribution in [0.5, 0.6) is 5.88 Å². The van der Waals surface area contributed by atoms with Crippen LogP contribution in [0.4, 0.5) is 0 Å². The van der Waals surface area contributed by atoms with E-state index in [-0.39, 0.29) is 5.91 Å². The highest BCUT2D eigenvalue weighted by Gasteiger charge is 2.27. The maximum atomic E-state index is 12.9. The topological polar surface area (TPSA) is 68.5 Å². The van der Waals surface area contributed by atoms with Gasteiger partial charge in [-0.2, -0.15) is 0 Å². The summed E-state index contributed by atoms with van der Waals surface area (Å²) in [5.74, 6) is 0.522. The van der Waals surface area contributed by atoms with E-state index in [9.17, 15) is 4.79 Å². The lowest BCUT2D eigenvalue weighted by molar-refractivity contribution is 0.0732. The molecule has 0 radical (unpaired) electrons. The summed E-state index contributed by atoms with van der Waals surface area (Å²) in [6.07, 6.45) is 3.75. The van der Waals surface area contributed by atoms with Gasteiger partial charge in [0, 0.05) is 18.4 Å². The molecule has 0 spiro atoms. The molecular weight excluding hydrogens is 306 g/mol. The Balaban J connectivity index is 1.66. The molecule has 3 aromatic rings. The van der Waals surface area contributed by atoms with Gasteiger partial charge < -0.3 is 14.1 Å². The Kier molecular flexibility index (Phi) is 3.65. The first-order chi connectivity index (χ1) is 11.8.